The zero-order valence-electron chi connectivity index (χ0n) is 15.0. The number of benzene rings is 1. The van der Waals surface area contributed by atoms with Gasteiger partial charge in [0.05, 0.1) is 0 Å². The summed E-state index contributed by atoms with van der Waals surface area (Å²) < 4.78 is -0.606. The van der Waals surface area contributed by atoms with Crippen LogP contribution in [0.1, 0.15) is 48.0 Å². The highest BCUT2D eigenvalue weighted by Crippen LogP contribution is 2.56. The third kappa shape index (κ3) is 3.39. The van der Waals surface area contributed by atoms with Crippen molar-refractivity contribution in [2.75, 3.05) is 0 Å². The molecular formula is C18H21N3O5S. The van der Waals surface area contributed by atoms with Gasteiger partial charge >= 0.3 is 5.97 Å². The van der Waals surface area contributed by atoms with Crippen LogP contribution in [0.5, 0.6) is 0 Å². The second kappa shape index (κ2) is 6.88. The molecule has 3 amide bonds. The van der Waals surface area contributed by atoms with E-state index in [0.717, 1.165) is 5.56 Å². The van der Waals surface area contributed by atoms with Gasteiger partial charge in [-0.3, -0.25) is 14.4 Å². The van der Waals surface area contributed by atoms with Gasteiger partial charge in [0, 0.05) is 16.7 Å². The number of carbonyl (C=O) groups is 4. The Bertz CT molecular complexity index is 825. The van der Waals surface area contributed by atoms with Crippen LogP contribution in [0.25, 0.3) is 0 Å². The van der Waals surface area contributed by atoms with Crippen molar-refractivity contribution in [3.63, 3.8) is 0 Å². The Balaban J connectivity index is 1.85. The molecule has 3 unspecified atom stereocenters. The Kier molecular flexibility index (Phi) is 4.90. The van der Waals surface area contributed by atoms with E-state index < -0.39 is 34.6 Å². The Hall–Kier alpha value is -2.55. The van der Waals surface area contributed by atoms with Crippen molar-refractivity contribution in [1.82, 2.24) is 10.2 Å². The zero-order valence-corrected chi connectivity index (χ0v) is 15.8. The zero-order chi connectivity index (χ0) is 19.9. The lowest BCUT2D eigenvalue weighted by Crippen LogP contribution is -2.55. The van der Waals surface area contributed by atoms with Crippen LogP contribution in [0.4, 0.5) is 0 Å². The number of thioether (sulfide) groups is 1. The van der Waals surface area contributed by atoms with E-state index in [2.05, 4.69) is 5.32 Å². The van der Waals surface area contributed by atoms with Crippen molar-refractivity contribution in [2.45, 2.75) is 48.9 Å². The van der Waals surface area contributed by atoms with Gasteiger partial charge in [-0.1, -0.05) is 18.2 Å². The topological polar surface area (TPSA) is 130 Å². The minimum Gasteiger partial charge on any atom is -0.480 e. The predicted octanol–water partition coefficient (Wildman–Crippen LogP) is 0.870. The molecule has 2 aliphatic rings. The first kappa shape index (κ1) is 19.2. The fourth-order valence-corrected chi connectivity index (χ4v) is 5.19. The molecule has 0 saturated carbocycles. The third-order valence-electron chi connectivity index (χ3n) is 4.84. The van der Waals surface area contributed by atoms with E-state index >= 15 is 0 Å². The summed E-state index contributed by atoms with van der Waals surface area (Å²) >= 11 is 1.50. The maximum absolute atomic E-state index is 13.0. The number of aliphatic carboxylic acids is 1. The molecule has 1 saturated heterocycles. The first-order valence-electron chi connectivity index (χ1n) is 8.54. The number of rotatable bonds is 6. The second-order valence-electron chi connectivity index (χ2n) is 7.18. The average Bonchev–Trinajstić information content (AvgIpc) is 3.01. The van der Waals surface area contributed by atoms with Crippen LogP contribution in [0.3, 0.4) is 0 Å². The summed E-state index contributed by atoms with van der Waals surface area (Å²) in [6.45, 7) is 3.71. The van der Waals surface area contributed by atoms with E-state index in [0.29, 0.717) is 5.56 Å². The molecule has 1 aromatic carbocycles. The molecule has 27 heavy (non-hydrogen) atoms. The van der Waals surface area contributed by atoms with Gasteiger partial charge in [0.15, 0.2) is 0 Å². The van der Waals surface area contributed by atoms with Crippen LogP contribution in [-0.2, 0) is 14.4 Å². The molecule has 0 aromatic heterocycles. The Morgan fingerprint density at radius 2 is 2.00 bits per heavy atom. The molecule has 8 nitrogen and oxygen atoms in total. The van der Waals surface area contributed by atoms with Crippen LogP contribution < -0.4 is 11.1 Å². The molecule has 0 aliphatic carbocycles. The highest BCUT2D eigenvalue weighted by Gasteiger charge is 2.57. The predicted molar refractivity (Wildman–Crippen MR) is 98.8 cm³/mol. The molecule has 0 spiro atoms. The summed E-state index contributed by atoms with van der Waals surface area (Å²) in [5.74, 6) is -2.68. The Labute approximate surface area is 160 Å². The lowest BCUT2D eigenvalue weighted by Gasteiger charge is -2.30. The summed E-state index contributed by atoms with van der Waals surface area (Å²) in [4.78, 5) is 49.8. The maximum atomic E-state index is 13.0. The minimum atomic E-state index is -1.25. The minimum absolute atomic E-state index is 0.103. The summed E-state index contributed by atoms with van der Waals surface area (Å²) in [7, 11) is 0. The molecular weight excluding hydrogens is 370 g/mol. The molecule has 144 valence electrons. The lowest BCUT2D eigenvalue weighted by molar-refractivity contribution is -0.143. The van der Waals surface area contributed by atoms with E-state index in [9.17, 15) is 24.3 Å². The number of primary amides is 1. The van der Waals surface area contributed by atoms with Crippen LogP contribution in [0, 0.1) is 0 Å². The quantitative estimate of drug-likeness (QED) is 0.660. The summed E-state index contributed by atoms with van der Waals surface area (Å²) in [5.41, 5.74) is 6.50. The van der Waals surface area contributed by atoms with Gasteiger partial charge in [-0.25, -0.2) is 4.79 Å². The standard InChI is InChI=1S/C18H21N3O5S/c1-18(2)13(14(23)20-11(17(25)26)7-8-12(19)22)21-15(24)9-5-3-4-6-10(9)16(21)27-18/h3-6,11,13,16H,7-8H2,1-2H3,(H2,19,22)(H,20,23)(H,25,26). The van der Waals surface area contributed by atoms with Crippen LogP contribution in [0.2, 0.25) is 0 Å². The largest absolute Gasteiger partial charge is 0.480 e. The number of carboxylic acids is 1. The smallest absolute Gasteiger partial charge is 0.326 e. The van der Waals surface area contributed by atoms with Gasteiger partial charge in [0.2, 0.25) is 11.8 Å². The first-order valence-corrected chi connectivity index (χ1v) is 9.42. The summed E-state index contributed by atoms with van der Waals surface area (Å²) in [6, 6.07) is 5.14. The number of fused-ring (bicyclic) bond motifs is 3. The maximum Gasteiger partial charge on any atom is 0.326 e. The van der Waals surface area contributed by atoms with E-state index in [1.807, 2.05) is 26.0 Å². The Morgan fingerprint density at radius 1 is 1.33 bits per heavy atom. The molecule has 0 radical (unpaired) electrons. The van der Waals surface area contributed by atoms with Gasteiger partial charge in [-0.15, -0.1) is 11.8 Å². The highest BCUT2D eigenvalue weighted by atomic mass is 32.2. The number of nitrogens with one attached hydrogen (secondary N) is 1. The van der Waals surface area contributed by atoms with Crippen LogP contribution in [-0.4, -0.2) is 50.5 Å². The second-order valence-corrected chi connectivity index (χ2v) is 8.91. The molecule has 9 heteroatoms. The van der Waals surface area contributed by atoms with E-state index in [4.69, 9.17) is 5.73 Å². The number of nitrogens with two attached hydrogens (primary N) is 1. The molecule has 2 heterocycles. The number of carbonyl (C=O) groups excluding carboxylic acids is 3. The SMILES string of the molecule is CC1(C)SC2c3ccccc3C(=O)N2C1C(=O)NC(CCC(N)=O)C(=O)O. The first-order chi connectivity index (χ1) is 12.6. The molecule has 2 aliphatic heterocycles. The summed E-state index contributed by atoms with van der Waals surface area (Å²) in [6.07, 6.45) is -0.259. The van der Waals surface area contributed by atoms with Gasteiger partial charge in [0.1, 0.15) is 17.5 Å². The number of nitrogens with zero attached hydrogens (tertiary/aromatic N) is 1. The van der Waals surface area contributed by atoms with Gasteiger partial charge in [-0.2, -0.15) is 0 Å². The molecule has 1 aromatic rings. The van der Waals surface area contributed by atoms with Crippen molar-refractivity contribution in [3.05, 3.63) is 35.4 Å². The van der Waals surface area contributed by atoms with Crippen molar-refractivity contribution < 1.29 is 24.3 Å². The number of amides is 3. The average molecular weight is 391 g/mol. The van der Waals surface area contributed by atoms with Crippen molar-refractivity contribution in [3.8, 4) is 0 Å². The van der Waals surface area contributed by atoms with Gasteiger partial charge < -0.3 is 21.1 Å². The van der Waals surface area contributed by atoms with Crippen LogP contribution >= 0.6 is 11.8 Å². The number of hydrogen-bond donors (Lipinski definition) is 3. The van der Waals surface area contributed by atoms with Gasteiger partial charge in [0.25, 0.3) is 5.91 Å². The van der Waals surface area contributed by atoms with Crippen molar-refractivity contribution in [1.29, 1.82) is 0 Å². The van der Waals surface area contributed by atoms with E-state index in [1.54, 1.807) is 12.1 Å². The number of hydrogen-bond acceptors (Lipinski definition) is 5. The van der Waals surface area contributed by atoms with E-state index in [-0.39, 0.29) is 24.1 Å². The fourth-order valence-electron chi connectivity index (χ4n) is 3.60. The summed E-state index contributed by atoms with van der Waals surface area (Å²) in [5, 5.41) is 11.5. The molecule has 0 bridgehead atoms. The van der Waals surface area contributed by atoms with Crippen molar-refractivity contribution in [2.24, 2.45) is 5.73 Å². The highest BCUT2D eigenvalue weighted by molar-refractivity contribution is 8.01. The Morgan fingerprint density at radius 3 is 2.63 bits per heavy atom. The molecule has 3 rings (SSSR count). The third-order valence-corrected chi connectivity index (χ3v) is 6.37. The van der Waals surface area contributed by atoms with Crippen molar-refractivity contribution >= 4 is 35.5 Å². The molecule has 1 fully saturated rings. The monoisotopic (exact) mass is 391 g/mol. The van der Waals surface area contributed by atoms with E-state index in [1.165, 1.54) is 16.7 Å². The molecule has 3 atom stereocenters. The lowest BCUT2D eigenvalue weighted by atomic mass is 10.00. The van der Waals surface area contributed by atoms with Gasteiger partial charge in [-0.05, 0) is 31.9 Å². The van der Waals surface area contributed by atoms with Crippen LogP contribution in [0.15, 0.2) is 24.3 Å². The number of carboxylic acid groups (broad SMARTS) is 1. The normalized spacial score (nSPS) is 23.5. The molecule has 4 N–H and O–H groups in total. The fraction of sp³-hybridized carbons (Fsp3) is 0.444.